The predicted octanol–water partition coefficient (Wildman–Crippen LogP) is 4.04. The van der Waals surface area contributed by atoms with Crippen LogP contribution in [0, 0.1) is 10.1 Å². The fourth-order valence-corrected chi connectivity index (χ4v) is 4.19. The Hall–Kier alpha value is -2.49. The van der Waals surface area contributed by atoms with Gasteiger partial charge in [-0.05, 0) is 30.3 Å². The molecule has 2 atom stereocenters. The molecule has 0 spiro atoms. The van der Waals surface area contributed by atoms with E-state index in [9.17, 15) is 10.1 Å². The lowest BCUT2D eigenvalue weighted by molar-refractivity contribution is -0.389. The summed E-state index contributed by atoms with van der Waals surface area (Å²) in [6.07, 6.45) is 3.19. The SMILES string of the molecule is CC(Nc1nc2sccn2c1[N+](=O)[O-])C(OC1CCOCC1)c1ccccc1. The van der Waals surface area contributed by atoms with Gasteiger partial charge in [-0.25, -0.2) is 0 Å². The van der Waals surface area contributed by atoms with Crippen LogP contribution in [0.15, 0.2) is 41.9 Å². The number of nitro groups is 1. The molecule has 1 aromatic carbocycles. The molecular formula is C19H22N4O4S. The molecule has 3 aromatic rings. The first-order valence-electron chi connectivity index (χ1n) is 9.28. The van der Waals surface area contributed by atoms with Crippen LogP contribution in [0.3, 0.4) is 0 Å². The Morgan fingerprint density at radius 3 is 2.82 bits per heavy atom. The molecule has 0 radical (unpaired) electrons. The van der Waals surface area contributed by atoms with Crippen LogP contribution in [0.4, 0.5) is 11.6 Å². The second-order valence-electron chi connectivity index (χ2n) is 6.81. The van der Waals surface area contributed by atoms with Gasteiger partial charge in [-0.1, -0.05) is 41.7 Å². The maximum absolute atomic E-state index is 11.6. The molecule has 9 heteroatoms. The van der Waals surface area contributed by atoms with E-state index in [0.29, 0.717) is 18.2 Å². The van der Waals surface area contributed by atoms with Crippen molar-refractivity contribution in [2.75, 3.05) is 18.5 Å². The van der Waals surface area contributed by atoms with Crippen molar-refractivity contribution in [3.8, 4) is 0 Å². The number of thiazole rings is 1. The molecule has 0 bridgehead atoms. The minimum Gasteiger partial charge on any atom is -0.381 e. The van der Waals surface area contributed by atoms with Crippen molar-refractivity contribution in [3.63, 3.8) is 0 Å². The average Bonchev–Trinajstić information content (AvgIpc) is 3.28. The molecule has 2 aromatic heterocycles. The van der Waals surface area contributed by atoms with Gasteiger partial charge in [0, 0.05) is 18.6 Å². The van der Waals surface area contributed by atoms with Crippen molar-refractivity contribution in [3.05, 3.63) is 57.6 Å². The van der Waals surface area contributed by atoms with Crippen LogP contribution < -0.4 is 5.32 Å². The fraction of sp³-hybridized carbons (Fsp3) is 0.421. The quantitative estimate of drug-likeness (QED) is 0.474. The maximum atomic E-state index is 11.6. The Balaban J connectivity index is 1.60. The van der Waals surface area contributed by atoms with Gasteiger partial charge in [0.25, 0.3) is 4.96 Å². The lowest BCUT2D eigenvalue weighted by Gasteiger charge is -2.31. The minimum absolute atomic E-state index is 0.0546. The van der Waals surface area contributed by atoms with Crippen LogP contribution in [-0.4, -0.2) is 39.7 Å². The number of nitrogens with one attached hydrogen (secondary N) is 1. The number of hydrogen-bond acceptors (Lipinski definition) is 7. The van der Waals surface area contributed by atoms with E-state index in [0.717, 1.165) is 18.4 Å². The normalized spacial score (nSPS) is 17.5. The Kier molecular flexibility index (Phi) is 5.56. The van der Waals surface area contributed by atoms with Crippen molar-refractivity contribution in [2.24, 2.45) is 0 Å². The largest absolute Gasteiger partial charge is 0.381 e. The molecule has 8 nitrogen and oxygen atoms in total. The molecule has 4 rings (SSSR count). The highest BCUT2D eigenvalue weighted by atomic mass is 32.1. The van der Waals surface area contributed by atoms with Gasteiger partial charge in [0.2, 0.25) is 5.82 Å². The topological polar surface area (TPSA) is 90.9 Å². The van der Waals surface area contributed by atoms with E-state index >= 15 is 0 Å². The number of benzene rings is 1. The van der Waals surface area contributed by atoms with E-state index < -0.39 is 4.92 Å². The van der Waals surface area contributed by atoms with Crippen molar-refractivity contribution in [2.45, 2.75) is 38.0 Å². The fourth-order valence-electron chi connectivity index (χ4n) is 3.48. The van der Waals surface area contributed by atoms with Crippen LogP contribution >= 0.6 is 11.3 Å². The Morgan fingerprint density at radius 2 is 2.11 bits per heavy atom. The van der Waals surface area contributed by atoms with E-state index in [-0.39, 0.29) is 29.9 Å². The Labute approximate surface area is 166 Å². The smallest absolute Gasteiger partial charge is 0.372 e. The van der Waals surface area contributed by atoms with Crippen LogP contribution in [0.2, 0.25) is 0 Å². The zero-order valence-corrected chi connectivity index (χ0v) is 16.3. The first kappa shape index (κ1) is 18.9. The molecule has 1 N–H and O–H groups in total. The first-order valence-corrected chi connectivity index (χ1v) is 10.2. The molecule has 1 aliphatic rings. The lowest BCUT2D eigenvalue weighted by atomic mass is 10.0. The zero-order chi connectivity index (χ0) is 19.5. The molecule has 1 saturated heterocycles. The summed E-state index contributed by atoms with van der Waals surface area (Å²) in [5, 5.41) is 16.6. The van der Waals surface area contributed by atoms with Crippen LogP contribution in [0.25, 0.3) is 4.96 Å². The third-order valence-electron chi connectivity index (χ3n) is 4.86. The summed E-state index contributed by atoms with van der Waals surface area (Å²) in [7, 11) is 0. The predicted molar refractivity (Wildman–Crippen MR) is 107 cm³/mol. The molecule has 3 heterocycles. The molecule has 1 aliphatic heterocycles. The highest BCUT2D eigenvalue weighted by Crippen LogP contribution is 2.32. The second kappa shape index (κ2) is 8.26. The molecule has 0 aliphatic carbocycles. The molecule has 0 saturated carbocycles. The maximum Gasteiger partial charge on any atom is 0.372 e. The number of aromatic nitrogens is 2. The van der Waals surface area contributed by atoms with Gasteiger partial charge in [-0.15, -0.1) is 0 Å². The summed E-state index contributed by atoms with van der Waals surface area (Å²) in [5.41, 5.74) is 1.03. The number of fused-ring (bicyclic) bond motifs is 1. The van der Waals surface area contributed by atoms with E-state index in [1.807, 2.05) is 37.3 Å². The van der Waals surface area contributed by atoms with Crippen LogP contribution in [-0.2, 0) is 9.47 Å². The monoisotopic (exact) mass is 402 g/mol. The molecular weight excluding hydrogens is 380 g/mol. The van der Waals surface area contributed by atoms with Gasteiger partial charge in [0.15, 0.2) is 0 Å². The van der Waals surface area contributed by atoms with Crippen LogP contribution in [0.5, 0.6) is 0 Å². The summed E-state index contributed by atoms with van der Waals surface area (Å²) >= 11 is 1.36. The van der Waals surface area contributed by atoms with Gasteiger partial charge in [-0.3, -0.25) is 0 Å². The van der Waals surface area contributed by atoms with Crippen LogP contribution in [0.1, 0.15) is 31.4 Å². The van der Waals surface area contributed by atoms with Gasteiger partial charge >= 0.3 is 5.82 Å². The van der Waals surface area contributed by atoms with Crippen molar-refractivity contribution >= 4 is 27.9 Å². The number of ether oxygens (including phenoxy) is 2. The van der Waals surface area contributed by atoms with E-state index in [4.69, 9.17) is 9.47 Å². The van der Waals surface area contributed by atoms with E-state index in [1.54, 1.807) is 11.6 Å². The number of anilines is 1. The molecule has 2 unspecified atom stereocenters. The average molecular weight is 402 g/mol. The minimum atomic E-state index is -0.404. The summed E-state index contributed by atoms with van der Waals surface area (Å²) in [5.74, 6) is 0.210. The molecule has 148 valence electrons. The summed E-state index contributed by atoms with van der Waals surface area (Å²) < 4.78 is 13.3. The highest BCUT2D eigenvalue weighted by molar-refractivity contribution is 7.15. The van der Waals surface area contributed by atoms with Gasteiger partial charge in [-0.2, -0.15) is 9.38 Å². The third kappa shape index (κ3) is 3.87. The Morgan fingerprint density at radius 1 is 1.36 bits per heavy atom. The lowest BCUT2D eigenvalue weighted by Crippen LogP contribution is -2.32. The number of nitrogens with zero attached hydrogens (tertiary/aromatic N) is 3. The Bertz CT molecular complexity index is 936. The summed E-state index contributed by atoms with van der Waals surface area (Å²) in [6.45, 7) is 3.35. The van der Waals surface area contributed by atoms with Crippen molar-refractivity contribution in [1.82, 2.24) is 9.38 Å². The number of imidazole rings is 1. The zero-order valence-electron chi connectivity index (χ0n) is 15.5. The van der Waals surface area contributed by atoms with Gasteiger partial charge < -0.3 is 24.9 Å². The van der Waals surface area contributed by atoms with E-state index in [1.165, 1.54) is 15.7 Å². The van der Waals surface area contributed by atoms with Gasteiger partial charge in [0.1, 0.15) is 12.3 Å². The standard InChI is InChI=1S/C19H22N4O4S/c1-13(20-17-18(23(24)25)22-9-12-28-19(22)21-17)16(14-5-3-2-4-6-14)27-15-7-10-26-11-8-15/h2-6,9,12-13,15-16,20H,7-8,10-11H2,1H3. The molecule has 0 amide bonds. The summed E-state index contributed by atoms with van der Waals surface area (Å²) in [4.78, 5) is 16.2. The summed E-state index contributed by atoms with van der Waals surface area (Å²) in [6, 6.07) is 9.72. The van der Waals surface area contributed by atoms with Crippen molar-refractivity contribution < 1.29 is 14.4 Å². The van der Waals surface area contributed by atoms with E-state index in [2.05, 4.69) is 10.3 Å². The molecule has 28 heavy (non-hydrogen) atoms. The highest BCUT2D eigenvalue weighted by Gasteiger charge is 2.30. The first-order chi connectivity index (χ1) is 13.6. The third-order valence-corrected chi connectivity index (χ3v) is 5.62. The number of hydrogen-bond donors (Lipinski definition) is 1. The number of rotatable bonds is 7. The van der Waals surface area contributed by atoms with Crippen molar-refractivity contribution in [1.29, 1.82) is 0 Å². The second-order valence-corrected chi connectivity index (χ2v) is 7.68. The molecule has 1 fully saturated rings. The van der Waals surface area contributed by atoms with Gasteiger partial charge in [0.05, 0.1) is 12.1 Å².